The monoisotopic (exact) mass is 374 g/mol. The van der Waals surface area contributed by atoms with Crippen LogP contribution in [0.4, 0.5) is 18.9 Å². The largest absolute Gasteiger partial charge is 0.417 e. The van der Waals surface area contributed by atoms with E-state index in [1.165, 1.54) is 17.8 Å². The second-order valence-corrected chi connectivity index (χ2v) is 5.99. The number of rotatable bonds is 3. The highest BCUT2D eigenvalue weighted by Crippen LogP contribution is 2.36. The Morgan fingerprint density at radius 3 is 2.79 bits per heavy atom. The summed E-state index contributed by atoms with van der Waals surface area (Å²) in [6.07, 6.45) is -3.49. The first-order valence-electron chi connectivity index (χ1n) is 6.53. The number of amides is 1. The number of nitrogens with one attached hydrogen (secondary N) is 2. The molecule has 1 amide bonds. The van der Waals surface area contributed by atoms with Crippen molar-refractivity contribution in [2.24, 2.45) is 4.99 Å². The van der Waals surface area contributed by atoms with Crippen molar-refractivity contribution in [2.45, 2.75) is 6.18 Å². The lowest BCUT2D eigenvalue weighted by Crippen LogP contribution is -2.19. The van der Waals surface area contributed by atoms with E-state index in [1.54, 1.807) is 6.07 Å². The minimum absolute atomic E-state index is 0.120. The molecule has 0 aromatic heterocycles. The fourth-order valence-corrected chi connectivity index (χ4v) is 2.65. The fraction of sp³-hybridized carbons (Fsp3) is 0.214. The molecule has 0 fully saturated rings. The minimum atomic E-state index is -4.65. The molecule has 1 heterocycles. The molecule has 1 aliphatic heterocycles. The summed E-state index contributed by atoms with van der Waals surface area (Å²) in [4.78, 5) is 16.1. The number of hydrogen-bond acceptors (Lipinski definition) is 5. The first-order chi connectivity index (χ1) is 11.3. The third-order valence-electron chi connectivity index (χ3n) is 2.82. The van der Waals surface area contributed by atoms with Crippen molar-refractivity contribution >= 4 is 40.1 Å². The van der Waals surface area contributed by atoms with Crippen LogP contribution in [0.3, 0.4) is 0 Å². The summed E-state index contributed by atoms with van der Waals surface area (Å²) >= 11 is 6.94. The number of anilines is 1. The number of aliphatic imine (C=N–C) groups is 1. The van der Waals surface area contributed by atoms with Crippen molar-refractivity contribution in [3.8, 4) is 6.07 Å². The smallest absolute Gasteiger partial charge is 0.340 e. The second kappa shape index (κ2) is 7.59. The van der Waals surface area contributed by atoms with Crippen molar-refractivity contribution < 1.29 is 18.0 Å². The van der Waals surface area contributed by atoms with Crippen LogP contribution in [-0.4, -0.2) is 23.4 Å². The number of carbonyl (C=O) groups is 1. The van der Waals surface area contributed by atoms with Crippen molar-refractivity contribution in [1.82, 2.24) is 5.32 Å². The normalized spacial score (nSPS) is 14.8. The lowest BCUT2D eigenvalue weighted by atomic mass is 10.2. The molecular weight excluding hydrogens is 365 g/mol. The van der Waals surface area contributed by atoms with Crippen molar-refractivity contribution in [2.75, 3.05) is 17.6 Å². The maximum Gasteiger partial charge on any atom is 0.417 e. The summed E-state index contributed by atoms with van der Waals surface area (Å²) < 4.78 is 38.4. The third-order valence-corrected chi connectivity index (χ3v) is 4.06. The van der Waals surface area contributed by atoms with Crippen LogP contribution in [0.1, 0.15) is 5.56 Å². The molecule has 24 heavy (non-hydrogen) atoms. The Balaban J connectivity index is 2.13. The molecule has 0 bridgehead atoms. The van der Waals surface area contributed by atoms with Gasteiger partial charge >= 0.3 is 6.18 Å². The van der Waals surface area contributed by atoms with Gasteiger partial charge in [0, 0.05) is 17.6 Å². The number of benzene rings is 1. The van der Waals surface area contributed by atoms with E-state index in [4.69, 9.17) is 16.9 Å². The molecule has 0 spiro atoms. The van der Waals surface area contributed by atoms with Crippen LogP contribution in [0, 0.1) is 11.3 Å². The quantitative estimate of drug-likeness (QED) is 0.628. The first-order valence-corrected chi connectivity index (χ1v) is 7.90. The minimum Gasteiger partial charge on any atom is -0.340 e. The highest BCUT2D eigenvalue weighted by Gasteiger charge is 2.33. The van der Waals surface area contributed by atoms with Crippen molar-refractivity contribution in [3.63, 3.8) is 0 Å². The summed E-state index contributed by atoms with van der Waals surface area (Å²) in [6, 6.07) is 4.63. The van der Waals surface area contributed by atoms with Crippen LogP contribution in [0.15, 0.2) is 35.0 Å². The molecule has 1 aliphatic rings. The Morgan fingerprint density at radius 1 is 1.46 bits per heavy atom. The zero-order valence-electron chi connectivity index (χ0n) is 11.9. The molecule has 0 radical (unpaired) electrons. The van der Waals surface area contributed by atoms with Gasteiger partial charge in [0.1, 0.15) is 11.6 Å². The van der Waals surface area contributed by atoms with Gasteiger partial charge in [-0.1, -0.05) is 23.4 Å². The molecule has 126 valence electrons. The average Bonchev–Trinajstić information content (AvgIpc) is 3.02. The Bertz CT molecular complexity index is 755. The molecular formula is C14H10ClF3N4OS. The molecule has 2 rings (SSSR count). The molecule has 0 aliphatic carbocycles. The number of nitriles is 1. The lowest BCUT2D eigenvalue weighted by molar-refractivity contribution is -0.137. The van der Waals surface area contributed by atoms with Gasteiger partial charge in [-0.05, 0) is 18.2 Å². The van der Waals surface area contributed by atoms with E-state index < -0.39 is 22.7 Å². The standard InChI is InChI=1S/C14H10ClF3N4OS/c15-11-2-1-9(5-10(11)14(16,17)18)22-12(23)8(6-19)7-21-13-20-3-4-24-13/h1-2,5,7H,3-4H2,(H,20,21)(H,22,23)/b8-7-. The van der Waals surface area contributed by atoms with Crippen LogP contribution in [0.2, 0.25) is 5.02 Å². The number of thioether (sulfide) groups is 1. The zero-order valence-corrected chi connectivity index (χ0v) is 13.5. The molecule has 1 aromatic rings. The molecule has 1 aromatic carbocycles. The van der Waals surface area contributed by atoms with E-state index in [0.29, 0.717) is 17.8 Å². The van der Waals surface area contributed by atoms with Gasteiger partial charge in [-0.3, -0.25) is 9.79 Å². The highest BCUT2D eigenvalue weighted by atomic mass is 35.5. The predicted octanol–water partition coefficient (Wildman–Crippen LogP) is 3.40. The number of halogens is 4. The van der Waals surface area contributed by atoms with Gasteiger partial charge in [-0.2, -0.15) is 18.4 Å². The van der Waals surface area contributed by atoms with E-state index in [-0.39, 0.29) is 11.3 Å². The molecule has 10 heteroatoms. The SMILES string of the molecule is N#C/C(=C/NC1=NCCS1)C(=O)Nc1ccc(Cl)c(C(F)(F)F)c1. The van der Waals surface area contributed by atoms with E-state index in [0.717, 1.165) is 18.0 Å². The van der Waals surface area contributed by atoms with Crippen LogP contribution in [0.5, 0.6) is 0 Å². The second-order valence-electron chi connectivity index (χ2n) is 4.50. The van der Waals surface area contributed by atoms with Gasteiger partial charge in [0.2, 0.25) is 0 Å². The molecule has 0 unspecified atom stereocenters. The topological polar surface area (TPSA) is 77.3 Å². The highest BCUT2D eigenvalue weighted by molar-refractivity contribution is 8.14. The molecule has 0 saturated heterocycles. The van der Waals surface area contributed by atoms with Crippen LogP contribution < -0.4 is 10.6 Å². The van der Waals surface area contributed by atoms with E-state index in [2.05, 4.69) is 15.6 Å². The van der Waals surface area contributed by atoms with Crippen LogP contribution >= 0.6 is 23.4 Å². The Labute approximate surface area is 144 Å². The number of nitrogens with zero attached hydrogens (tertiary/aromatic N) is 2. The van der Waals surface area contributed by atoms with Crippen LogP contribution in [0.25, 0.3) is 0 Å². The zero-order chi connectivity index (χ0) is 17.7. The van der Waals surface area contributed by atoms with Crippen molar-refractivity contribution in [3.05, 3.63) is 40.6 Å². The van der Waals surface area contributed by atoms with Gasteiger partial charge < -0.3 is 10.6 Å². The fourth-order valence-electron chi connectivity index (χ4n) is 1.72. The van der Waals surface area contributed by atoms with E-state index in [9.17, 15) is 18.0 Å². The van der Waals surface area contributed by atoms with E-state index in [1.807, 2.05) is 0 Å². The Kier molecular flexibility index (Phi) is 5.75. The molecule has 5 nitrogen and oxygen atoms in total. The average molecular weight is 375 g/mol. The number of alkyl halides is 3. The van der Waals surface area contributed by atoms with Gasteiger partial charge in [0.15, 0.2) is 5.17 Å². The Hall–Kier alpha value is -2.18. The number of amidine groups is 1. The summed E-state index contributed by atoms with van der Waals surface area (Å²) in [5.74, 6) is -0.0426. The lowest BCUT2D eigenvalue weighted by Gasteiger charge is -2.11. The molecule has 0 atom stereocenters. The maximum absolute atomic E-state index is 12.8. The Morgan fingerprint density at radius 2 is 2.21 bits per heavy atom. The van der Waals surface area contributed by atoms with E-state index >= 15 is 0 Å². The summed E-state index contributed by atoms with van der Waals surface area (Å²) in [5.41, 5.74) is -1.49. The van der Waals surface area contributed by atoms with Crippen LogP contribution in [-0.2, 0) is 11.0 Å². The number of carbonyl (C=O) groups excluding carboxylic acids is 1. The number of hydrogen-bond donors (Lipinski definition) is 2. The van der Waals surface area contributed by atoms with Gasteiger partial charge in [-0.15, -0.1) is 0 Å². The summed E-state index contributed by atoms with van der Waals surface area (Å²) in [7, 11) is 0. The third kappa shape index (κ3) is 4.66. The predicted molar refractivity (Wildman–Crippen MR) is 86.7 cm³/mol. The van der Waals surface area contributed by atoms with Gasteiger partial charge in [-0.25, -0.2) is 0 Å². The van der Waals surface area contributed by atoms with Gasteiger partial charge in [0.05, 0.1) is 17.1 Å². The van der Waals surface area contributed by atoms with Crippen molar-refractivity contribution in [1.29, 1.82) is 5.26 Å². The molecule has 0 saturated carbocycles. The summed E-state index contributed by atoms with van der Waals surface area (Å²) in [5, 5.41) is 14.0. The van der Waals surface area contributed by atoms with Gasteiger partial charge in [0.25, 0.3) is 5.91 Å². The first kappa shape index (κ1) is 18.2. The maximum atomic E-state index is 12.8. The molecule has 2 N–H and O–H groups in total. The summed E-state index contributed by atoms with van der Waals surface area (Å²) in [6.45, 7) is 0.639.